The van der Waals surface area contributed by atoms with Crippen molar-refractivity contribution >= 4 is 12.0 Å². The average Bonchev–Trinajstić information content (AvgIpc) is 2.30. The van der Waals surface area contributed by atoms with Gasteiger partial charge in [-0.2, -0.15) is 0 Å². The van der Waals surface area contributed by atoms with Gasteiger partial charge in [-0.3, -0.25) is 4.79 Å². The van der Waals surface area contributed by atoms with Crippen LogP contribution >= 0.6 is 0 Å². The largest absolute Gasteiger partial charge is 0.481 e. The minimum absolute atomic E-state index is 0.329. The summed E-state index contributed by atoms with van der Waals surface area (Å²) < 4.78 is 0. The van der Waals surface area contributed by atoms with Crippen LogP contribution in [0.1, 0.15) is 12.5 Å². The molecule has 0 saturated heterocycles. The molecule has 1 aromatic rings. The Morgan fingerprint density at radius 1 is 1.41 bits per heavy atom. The van der Waals surface area contributed by atoms with Gasteiger partial charge in [-0.25, -0.2) is 0 Å². The predicted molar refractivity (Wildman–Crippen MR) is 69.8 cm³/mol. The molecule has 1 unspecified atom stereocenters. The van der Waals surface area contributed by atoms with Crippen LogP contribution in [0, 0.1) is 5.92 Å². The Balaban J connectivity index is 2.35. The van der Waals surface area contributed by atoms with Gasteiger partial charge in [0.2, 0.25) is 0 Å². The second-order valence-corrected chi connectivity index (χ2v) is 4.27. The van der Waals surface area contributed by atoms with Gasteiger partial charge in [0.1, 0.15) is 0 Å². The normalized spacial score (nSPS) is 13.1. The van der Waals surface area contributed by atoms with Crippen molar-refractivity contribution < 1.29 is 9.90 Å². The number of likely N-dealkylation sites (N-methyl/N-ethyl adjacent to an activating group) is 1. The summed E-state index contributed by atoms with van der Waals surface area (Å²) in [5.41, 5.74) is 1.16. The summed E-state index contributed by atoms with van der Waals surface area (Å²) in [5, 5.41) is 8.79. The molecular weight excluding hydrogens is 214 g/mol. The monoisotopic (exact) mass is 233 g/mol. The lowest BCUT2D eigenvalue weighted by molar-refractivity contribution is -0.141. The summed E-state index contributed by atoms with van der Waals surface area (Å²) in [6.45, 7) is 3.04. The maximum atomic E-state index is 10.7. The van der Waals surface area contributed by atoms with Gasteiger partial charge >= 0.3 is 5.97 Å². The highest BCUT2D eigenvalue weighted by Gasteiger charge is 2.12. The molecule has 92 valence electrons. The van der Waals surface area contributed by atoms with Crippen molar-refractivity contribution in [1.29, 1.82) is 0 Å². The lowest BCUT2D eigenvalue weighted by Crippen LogP contribution is -2.28. The standard InChI is InChI=1S/C14H19NO2/c1-12(14(16)17)11-15(2)10-6-9-13-7-4-3-5-8-13/h3-9,12H,10-11H2,1-2H3,(H,16,17). The molecule has 0 spiro atoms. The average molecular weight is 233 g/mol. The predicted octanol–water partition coefficient (Wildman–Crippen LogP) is 2.35. The third-order valence-corrected chi connectivity index (χ3v) is 2.53. The van der Waals surface area contributed by atoms with Crippen LogP contribution in [0.2, 0.25) is 0 Å². The number of carboxylic acid groups (broad SMARTS) is 1. The minimum Gasteiger partial charge on any atom is -0.481 e. The lowest BCUT2D eigenvalue weighted by atomic mass is 10.1. The Kier molecular flexibility index (Phi) is 5.43. The van der Waals surface area contributed by atoms with Gasteiger partial charge in [-0.15, -0.1) is 0 Å². The molecule has 0 aliphatic rings. The molecule has 17 heavy (non-hydrogen) atoms. The molecule has 0 fully saturated rings. The fourth-order valence-corrected chi connectivity index (χ4v) is 1.55. The van der Waals surface area contributed by atoms with Crippen LogP contribution < -0.4 is 0 Å². The van der Waals surface area contributed by atoms with Crippen LogP contribution in [-0.4, -0.2) is 36.1 Å². The van der Waals surface area contributed by atoms with Crippen molar-refractivity contribution in [2.75, 3.05) is 20.1 Å². The fourth-order valence-electron chi connectivity index (χ4n) is 1.55. The third kappa shape index (κ3) is 5.31. The second-order valence-electron chi connectivity index (χ2n) is 4.27. The van der Waals surface area contributed by atoms with Crippen LogP contribution in [0.15, 0.2) is 36.4 Å². The smallest absolute Gasteiger partial charge is 0.307 e. The molecule has 1 aromatic carbocycles. The fraction of sp³-hybridized carbons (Fsp3) is 0.357. The Morgan fingerprint density at radius 3 is 2.65 bits per heavy atom. The molecule has 0 aromatic heterocycles. The van der Waals surface area contributed by atoms with Crippen LogP contribution in [0.5, 0.6) is 0 Å². The van der Waals surface area contributed by atoms with Crippen molar-refractivity contribution in [3.05, 3.63) is 42.0 Å². The first-order chi connectivity index (χ1) is 8.09. The van der Waals surface area contributed by atoms with E-state index in [1.165, 1.54) is 0 Å². The van der Waals surface area contributed by atoms with E-state index in [1.807, 2.05) is 54.4 Å². The number of nitrogens with zero attached hydrogens (tertiary/aromatic N) is 1. The number of rotatable bonds is 6. The van der Waals surface area contributed by atoms with E-state index in [4.69, 9.17) is 5.11 Å². The van der Waals surface area contributed by atoms with Crippen LogP contribution in [0.3, 0.4) is 0 Å². The highest BCUT2D eigenvalue weighted by Crippen LogP contribution is 2.02. The summed E-state index contributed by atoms with van der Waals surface area (Å²) in [7, 11) is 1.93. The van der Waals surface area contributed by atoms with Crippen molar-refractivity contribution in [1.82, 2.24) is 4.90 Å². The van der Waals surface area contributed by atoms with Gasteiger partial charge in [-0.05, 0) is 12.6 Å². The Labute approximate surface area is 102 Å². The number of benzene rings is 1. The number of hydrogen-bond donors (Lipinski definition) is 1. The number of carboxylic acids is 1. The maximum Gasteiger partial charge on any atom is 0.307 e. The SMILES string of the molecule is CC(CN(C)CC=Cc1ccccc1)C(=O)O. The molecule has 0 saturated carbocycles. The number of hydrogen-bond acceptors (Lipinski definition) is 2. The first-order valence-electron chi connectivity index (χ1n) is 5.72. The van der Waals surface area contributed by atoms with E-state index in [1.54, 1.807) is 6.92 Å². The maximum absolute atomic E-state index is 10.7. The van der Waals surface area contributed by atoms with Gasteiger partial charge in [-0.1, -0.05) is 49.4 Å². The highest BCUT2D eigenvalue weighted by atomic mass is 16.4. The minimum atomic E-state index is -0.746. The molecule has 0 amide bonds. The van der Waals surface area contributed by atoms with E-state index >= 15 is 0 Å². The summed E-state index contributed by atoms with van der Waals surface area (Å²) in [5.74, 6) is -1.07. The Bertz CT molecular complexity index is 373. The molecule has 1 rings (SSSR count). The lowest BCUT2D eigenvalue weighted by Gasteiger charge is -2.16. The molecule has 0 radical (unpaired) electrons. The summed E-state index contributed by atoms with van der Waals surface area (Å²) in [6.07, 6.45) is 4.09. The Hall–Kier alpha value is -1.61. The second kappa shape index (κ2) is 6.86. The van der Waals surface area contributed by atoms with E-state index in [9.17, 15) is 4.79 Å². The van der Waals surface area contributed by atoms with Crippen LogP contribution in [-0.2, 0) is 4.79 Å². The summed E-state index contributed by atoms with van der Waals surface area (Å²) >= 11 is 0. The molecule has 3 heteroatoms. The van der Waals surface area contributed by atoms with E-state index in [0.29, 0.717) is 6.54 Å². The van der Waals surface area contributed by atoms with Gasteiger partial charge < -0.3 is 10.0 Å². The number of aliphatic carboxylic acids is 1. The molecule has 0 aliphatic carbocycles. The number of carbonyl (C=O) groups is 1. The molecule has 3 nitrogen and oxygen atoms in total. The van der Waals surface area contributed by atoms with Crippen molar-refractivity contribution in [3.63, 3.8) is 0 Å². The van der Waals surface area contributed by atoms with Crippen molar-refractivity contribution in [2.45, 2.75) is 6.92 Å². The molecule has 0 aliphatic heterocycles. The van der Waals surface area contributed by atoms with Crippen LogP contribution in [0.4, 0.5) is 0 Å². The summed E-state index contributed by atoms with van der Waals surface area (Å²) in [6, 6.07) is 10.1. The van der Waals surface area contributed by atoms with E-state index in [2.05, 4.69) is 0 Å². The van der Waals surface area contributed by atoms with Crippen LogP contribution in [0.25, 0.3) is 6.08 Å². The van der Waals surface area contributed by atoms with E-state index < -0.39 is 5.97 Å². The zero-order chi connectivity index (χ0) is 12.7. The molecule has 0 bridgehead atoms. The topological polar surface area (TPSA) is 40.5 Å². The molecular formula is C14H19NO2. The third-order valence-electron chi connectivity index (χ3n) is 2.53. The first kappa shape index (κ1) is 13.5. The molecule has 1 atom stereocenters. The quantitative estimate of drug-likeness (QED) is 0.820. The van der Waals surface area contributed by atoms with Gasteiger partial charge in [0.15, 0.2) is 0 Å². The van der Waals surface area contributed by atoms with Gasteiger partial charge in [0.25, 0.3) is 0 Å². The zero-order valence-electron chi connectivity index (χ0n) is 10.3. The highest BCUT2D eigenvalue weighted by molar-refractivity contribution is 5.69. The first-order valence-corrected chi connectivity index (χ1v) is 5.72. The van der Waals surface area contributed by atoms with Gasteiger partial charge in [0, 0.05) is 13.1 Å². The van der Waals surface area contributed by atoms with Crippen molar-refractivity contribution in [2.24, 2.45) is 5.92 Å². The molecule has 0 heterocycles. The molecule has 1 N–H and O–H groups in total. The zero-order valence-corrected chi connectivity index (χ0v) is 10.3. The van der Waals surface area contributed by atoms with E-state index in [0.717, 1.165) is 12.1 Å². The van der Waals surface area contributed by atoms with Gasteiger partial charge in [0.05, 0.1) is 5.92 Å². The van der Waals surface area contributed by atoms with E-state index in [-0.39, 0.29) is 5.92 Å². The summed E-state index contributed by atoms with van der Waals surface area (Å²) in [4.78, 5) is 12.7. The Morgan fingerprint density at radius 2 is 2.06 bits per heavy atom. The van der Waals surface area contributed by atoms with Crippen molar-refractivity contribution in [3.8, 4) is 0 Å².